The van der Waals surface area contributed by atoms with Crippen LogP contribution in [-0.2, 0) is 0 Å². The normalized spacial score (nSPS) is 33.7. The van der Waals surface area contributed by atoms with Crippen molar-refractivity contribution in [2.24, 2.45) is 11.8 Å². The lowest BCUT2D eigenvalue weighted by Gasteiger charge is -2.27. The molecule has 1 aliphatic heterocycles. The number of nitrogens with zero attached hydrogens (tertiary/aromatic N) is 2. The van der Waals surface area contributed by atoms with Gasteiger partial charge in [-0.15, -0.1) is 0 Å². The molecule has 0 aromatic heterocycles. The first-order chi connectivity index (χ1) is 8.69. The first-order valence-electron chi connectivity index (χ1n) is 7.79. The van der Waals surface area contributed by atoms with Crippen molar-refractivity contribution in [3.05, 3.63) is 0 Å². The van der Waals surface area contributed by atoms with E-state index in [1.165, 1.54) is 51.9 Å². The molecule has 0 aromatic carbocycles. The molecule has 106 valence electrons. The second-order valence-electron chi connectivity index (χ2n) is 6.49. The summed E-state index contributed by atoms with van der Waals surface area (Å²) in [5, 5.41) is 3.67. The summed E-state index contributed by atoms with van der Waals surface area (Å²) in [5.41, 5.74) is 0. The highest BCUT2D eigenvalue weighted by Crippen LogP contribution is 2.26. The van der Waals surface area contributed by atoms with Crippen molar-refractivity contribution in [2.75, 3.05) is 46.8 Å². The number of nitrogens with one attached hydrogen (secondary N) is 1. The zero-order valence-electron chi connectivity index (χ0n) is 12.5. The fraction of sp³-hybridized carbons (Fsp3) is 1.00. The predicted molar refractivity (Wildman–Crippen MR) is 77.9 cm³/mol. The molecule has 0 amide bonds. The Morgan fingerprint density at radius 1 is 1.22 bits per heavy atom. The van der Waals surface area contributed by atoms with Crippen molar-refractivity contribution in [1.29, 1.82) is 0 Å². The summed E-state index contributed by atoms with van der Waals surface area (Å²) >= 11 is 0. The molecular weight excluding hydrogens is 222 g/mol. The maximum absolute atomic E-state index is 3.67. The third-order valence-electron chi connectivity index (χ3n) is 4.73. The van der Waals surface area contributed by atoms with Crippen LogP contribution in [-0.4, -0.2) is 62.7 Å². The molecule has 0 spiro atoms. The summed E-state index contributed by atoms with van der Waals surface area (Å²) in [6.07, 6.45) is 5.62. The van der Waals surface area contributed by atoms with Crippen molar-refractivity contribution in [3.8, 4) is 0 Å². The lowest BCUT2D eigenvalue weighted by molar-refractivity contribution is 0.221. The Hall–Kier alpha value is -0.120. The molecule has 1 N–H and O–H groups in total. The van der Waals surface area contributed by atoms with Gasteiger partial charge in [-0.05, 0) is 58.3 Å². The predicted octanol–water partition coefficient (Wildman–Crippen LogP) is 1.65. The zero-order valence-corrected chi connectivity index (χ0v) is 12.5. The van der Waals surface area contributed by atoms with Crippen molar-refractivity contribution < 1.29 is 0 Å². The molecule has 0 bridgehead atoms. The van der Waals surface area contributed by atoms with E-state index in [-0.39, 0.29) is 0 Å². The summed E-state index contributed by atoms with van der Waals surface area (Å²) in [4.78, 5) is 5.06. The average Bonchev–Trinajstić information content (AvgIpc) is 2.90. The summed E-state index contributed by atoms with van der Waals surface area (Å²) in [6, 6.07) is 0.781. The quantitative estimate of drug-likeness (QED) is 0.776. The molecule has 2 aliphatic rings. The molecule has 1 aliphatic carbocycles. The van der Waals surface area contributed by atoms with E-state index in [1.54, 1.807) is 0 Å². The van der Waals surface area contributed by atoms with E-state index in [0.717, 1.165) is 24.4 Å². The largest absolute Gasteiger partial charge is 0.314 e. The molecule has 3 heteroatoms. The van der Waals surface area contributed by atoms with Gasteiger partial charge < -0.3 is 15.1 Å². The molecule has 0 aromatic rings. The van der Waals surface area contributed by atoms with Gasteiger partial charge in [0.15, 0.2) is 0 Å². The highest BCUT2D eigenvalue weighted by molar-refractivity contribution is 4.85. The monoisotopic (exact) mass is 253 g/mol. The van der Waals surface area contributed by atoms with Crippen LogP contribution < -0.4 is 5.32 Å². The van der Waals surface area contributed by atoms with Crippen LogP contribution in [0.3, 0.4) is 0 Å². The molecule has 3 nitrogen and oxygen atoms in total. The van der Waals surface area contributed by atoms with E-state index < -0.39 is 0 Å². The third-order valence-corrected chi connectivity index (χ3v) is 4.73. The second kappa shape index (κ2) is 6.88. The van der Waals surface area contributed by atoms with E-state index in [4.69, 9.17) is 0 Å². The van der Waals surface area contributed by atoms with Gasteiger partial charge in [0.25, 0.3) is 0 Å². The smallest absolute Gasteiger partial charge is 0.0107 e. The standard InChI is InChI=1S/C15H31N3/c1-4-16-15-7-5-6-14(15)12-18(3)11-13-8-9-17(2)10-13/h13-16H,4-12H2,1-3H3. The summed E-state index contributed by atoms with van der Waals surface area (Å²) in [7, 11) is 4.57. The molecule has 1 heterocycles. The first-order valence-corrected chi connectivity index (χ1v) is 7.79. The highest BCUT2D eigenvalue weighted by Gasteiger charge is 2.28. The fourth-order valence-electron chi connectivity index (χ4n) is 3.88. The van der Waals surface area contributed by atoms with Crippen LogP contribution >= 0.6 is 0 Å². The van der Waals surface area contributed by atoms with E-state index in [0.29, 0.717) is 0 Å². The lowest BCUT2D eigenvalue weighted by Crippen LogP contribution is -2.39. The molecule has 3 atom stereocenters. The Morgan fingerprint density at radius 2 is 2.06 bits per heavy atom. The van der Waals surface area contributed by atoms with E-state index in [2.05, 4.69) is 36.1 Å². The number of likely N-dealkylation sites (tertiary alicyclic amines) is 1. The van der Waals surface area contributed by atoms with Crippen molar-refractivity contribution >= 4 is 0 Å². The van der Waals surface area contributed by atoms with Crippen LogP contribution in [0.5, 0.6) is 0 Å². The van der Waals surface area contributed by atoms with Gasteiger partial charge in [0, 0.05) is 25.7 Å². The van der Waals surface area contributed by atoms with Crippen molar-refractivity contribution in [3.63, 3.8) is 0 Å². The van der Waals surface area contributed by atoms with Crippen molar-refractivity contribution in [2.45, 2.75) is 38.6 Å². The Balaban J connectivity index is 1.71. The average molecular weight is 253 g/mol. The minimum absolute atomic E-state index is 0.781. The fourth-order valence-corrected chi connectivity index (χ4v) is 3.88. The molecule has 18 heavy (non-hydrogen) atoms. The Kier molecular flexibility index (Phi) is 5.46. The molecule has 0 radical (unpaired) electrons. The Bertz CT molecular complexity index is 244. The van der Waals surface area contributed by atoms with Crippen LogP contribution in [0.15, 0.2) is 0 Å². The molecule has 3 unspecified atom stereocenters. The van der Waals surface area contributed by atoms with Crippen molar-refractivity contribution in [1.82, 2.24) is 15.1 Å². The maximum Gasteiger partial charge on any atom is 0.0107 e. The SMILES string of the molecule is CCNC1CCCC1CN(C)CC1CCN(C)C1. The molecule has 2 rings (SSSR count). The Labute approximate surface area is 113 Å². The molecule has 1 saturated carbocycles. The minimum Gasteiger partial charge on any atom is -0.314 e. The van der Waals surface area contributed by atoms with Gasteiger partial charge in [-0.2, -0.15) is 0 Å². The van der Waals surface area contributed by atoms with E-state index in [1.807, 2.05) is 0 Å². The summed E-state index contributed by atoms with van der Waals surface area (Å²) < 4.78 is 0. The number of hydrogen-bond acceptors (Lipinski definition) is 3. The lowest BCUT2D eigenvalue weighted by atomic mass is 10.0. The van der Waals surface area contributed by atoms with Gasteiger partial charge in [-0.25, -0.2) is 0 Å². The maximum atomic E-state index is 3.67. The third kappa shape index (κ3) is 3.94. The van der Waals surface area contributed by atoms with E-state index in [9.17, 15) is 0 Å². The van der Waals surface area contributed by atoms with Gasteiger partial charge in [0.1, 0.15) is 0 Å². The van der Waals surface area contributed by atoms with Gasteiger partial charge in [0.05, 0.1) is 0 Å². The topological polar surface area (TPSA) is 18.5 Å². The molecule has 2 fully saturated rings. The van der Waals surface area contributed by atoms with Crippen LogP contribution in [0, 0.1) is 11.8 Å². The Morgan fingerprint density at radius 3 is 2.72 bits per heavy atom. The zero-order chi connectivity index (χ0) is 13.0. The van der Waals surface area contributed by atoms with Crippen LogP contribution in [0.1, 0.15) is 32.6 Å². The van der Waals surface area contributed by atoms with Crippen LogP contribution in [0.25, 0.3) is 0 Å². The number of rotatable bonds is 6. The second-order valence-corrected chi connectivity index (χ2v) is 6.49. The van der Waals surface area contributed by atoms with E-state index >= 15 is 0 Å². The van der Waals surface area contributed by atoms with Crippen LogP contribution in [0.4, 0.5) is 0 Å². The summed E-state index contributed by atoms with van der Waals surface area (Å²) in [5.74, 6) is 1.79. The minimum atomic E-state index is 0.781. The van der Waals surface area contributed by atoms with Gasteiger partial charge in [-0.1, -0.05) is 13.3 Å². The molecular formula is C15H31N3. The highest BCUT2D eigenvalue weighted by atomic mass is 15.2. The number of hydrogen-bond donors (Lipinski definition) is 1. The molecule has 1 saturated heterocycles. The van der Waals surface area contributed by atoms with Crippen LogP contribution in [0.2, 0.25) is 0 Å². The first kappa shape index (κ1) is 14.3. The van der Waals surface area contributed by atoms with Gasteiger partial charge in [-0.3, -0.25) is 0 Å². The van der Waals surface area contributed by atoms with Gasteiger partial charge >= 0.3 is 0 Å². The van der Waals surface area contributed by atoms with Gasteiger partial charge in [0.2, 0.25) is 0 Å². The summed E-state index contributed by atoms with van der Waals surface area (Å²) in [6.45, 7) is 8.52.